The summed E-state index contributed by atoms with van der Waals surface area (Å²) in [5, 5.41) is 0. The van der Waals surface area contributed by atoms with E-state index >= 15 is 0 Å². The van der Waals surface area contributed by atoms with Gasteiger partial charge in [0.1, 0.15) is 0 Å². The van der Waals surface area contributed by atoms with Crippen LogP contribution in [0.3, 0.4) is 0 Å². The molecular formula is C28H47N3O. The summed E-state index contributed by atoms with van der Waals surface area (Å²) < 4.78 is 0. The lowest BCUT2D eigenvalue weighted by atomic mass is 9.88. The average molecular weight is 442 g/mol. The summed E-state index contributed by atoms with van der Waals surface area (Å²) in [5.41, 5.74) is 10.6. The average Bonchev–Trinajstić information content (AvgIpc) is 2.76. The highest BCUT2D eigenvalue weighted by Crippen LogP contribution is 2.27. The fraction of sp³-hybridized carbons (Fsp3) is 0.679. The maximum absolute atomic E-state index is 12.8. The first-order valence-electron chi connectivity index (χ1n) is 12.5. The van der Waals surface area contributed by atoms with Gasteiger partial charge in [-0.1, -0.05) is 64.8 Å². The van der Waals surface area contributed by atoms with Crippen LogP contribution in [0.15, 0.2) is 35.9 Å². The molecule has 0 spiro atoms. The highest BCUT2D eigenvalue weighted by atomic mass is 16.2. The molecule has 1 heterocycles. The van der Waals surface area contributed by atoms with Crippen LogP contribution in [0.1, 0.15) is 79.7 Å². The minimum Gasteiger partial charge on any atom is -0.365 e. The molecule has 2 atom stereocenters. The number of nitrogens with two attached hydrogens (primary N) is 1. The Bertz CT molecular complexity index is 735. The topological polar surface area (TPSA) is 49.6 Å². The highest BCUT2D eigenvalue weighted by molar-refractivity contribution is 5.82. The lowest BCUT2D eigenvalue weighted by molar-refractivity contribution is -0.134. The third kappa shape index (κ3) is 7.95. The fourth-order valence-corrected chi connectivity index (χ4v) is 4.23. The van der Waals surface area contributed by atoms with Crippen molar-refractivity contribution in [3.63, 3.8) is 0 Å². The summed E-state index contributed by atoms with van der Waals surface area (Å²) in [6, 6.07) is 9.22. The molecule has 0 aliphatic carbocycles. The van der Waals surface area contributed by atoms with Crippen LogP contribution in [-0.2, 0) is 11.2 Å². The summed E-state index contributed by atoms with van der Waals surface area (Å²) in [6.45, 7) is 17.9. The number of carbonyl (C=O) groups is 1. The van der Waals surface area contributed by atoms with Crippen LogP contribution < -0.4 is 10.6 Å². The van der Waals surface area contributed by atoms with E-state index in [0.717, 1.165) is 45.3 Å². The Morgan fingerprint density at radius 3 is 2.28 bits per heavy atom. The molecular weight excluding hydrogens is 394 g/mol. The predicted octanol–water partition coefficient (Wildman–Crippen LogP) is 5.80. The summed E-state index contributed by atoms with van der Waals surface area (Å²) in [7, 11) is 0. The van der Waals surface area contributed by atoms with Crippen molar-refractivity contribution >= 4 is 11.6 Å². The standard InChI is InChI=1S/C28H47N3O/c1-8-22(4)26(29)27(32)30-18-15-25(16-19-30)31(20-14-21(2)3)24-11-9-23(10-12-24)13-17-28(5,6)7/h9-12,14,22,25-26H,8,13,15-20,29H2,1-7H3. The van der Waals surface area contributed by atoms with Crippen molar-refractivity contribution in [3.8, 4) is 0 Å². The molecule has 2 unspecified atom stereocenters. The monoisotopic (exact) mass is 441 g/mol. The van der Waals surface area contributed by atoms with E-state index < -0.39 is 0 Å². The van der Waals surface area contributed by atoms with Crippen molar-refractivity contribution in [1.82, 2.24) is 4.90 Å². The van der Waals surface area contributed by atoms with Crippen molar-refractivity contribution in [2.45, 2.75) is 92.7 Å². The molecule has 1 aliphatic heterocycles. The molecule has 180 valence electrons. The van der Waals surface area contributed by atoms with E-state index in [1.165, 1.54) is 23.2 Å². The van der Waals surface area contributed by atoms with Crippen molar-refractivity contribution in [2.75, 3.05) is 24.5 Å². The molecule has 1 aromatic rings. The van der Waals surface area contributed by atoms with E-state index in [-0.39, 0.29) is 17.9 Å². The SMILES string of the molecule is CCC(C)C(N)C(=O)N1CCC(N(CC=C(C)C)c2ccc(CCC(C)(C)C)cc2)CC1. The summed E-state index contributed by atoms with van der Waals surface area (Å²) in [6.07, 6.45) is 7.53. The van der Waals surface area contributed by atoms with Gasteiger partial charge in [0.2, 0.25) is 5.91 Å². The van der Waals surface area contributed by atoms with Crippen LogP contribution >= 0.6 is 0 Å². The van der Waals surface area contributed by atoms with Crippen molar-refractivity contribution in [2.24, 2.45) is 17.1 Å². The van der Waals surface area contributed by atoms with Crippen LogP contribution in [-0.4, -0.2) is 42.5 Å². The van der Waals surface area contributed by atoms with Gasteiger partial charge in [-0.3, -0.25) is 4.79 Å². The molecule has 4 heteroatoms. The van der Waals surface area contributed by atoms with Crippen LogP contribution in [0.25, 0.3) is 0 Å². The van der Waals surface area contributed by atoms with E-state index in [1.807, 2.05) is 4.90 Å². The van der Waals surface area contributed by atoms with Crippen molar-refractivity contribution < 1.29 is 4.79 Å². The molecule has 1 aliphatic rings. The maximum Gasteiger partial charge on any atom is 0.239 e. The molecule has 0 saturated carbocycles. The van der Waals surface area contributed by atoms with Crippen LogP contribution in [0.5, 0.6) is 0 Å². The summed E-state index contributed by atoms with van der Waals surface area (Å²) in [5.74, 6) is 0.350. The zero-order valence-electron chi connectivity index (χ0n) is 21.7. The van der Waals surface area contributed by atoms with E-state index in [2.05, 4.69) is 83.7 Å². The number of rotatable bonds is 9. The molecule has 1 amide bonds. The molecule has 0 aromatic heterocycles. The number of aryl methyl sites for hydroxylation is 1. The Hall–Kier alpha value is -1.81. The van der Waals surface area contributed by atoms with Crippen molar-refractivity contribution in [3.05, 3.63) is 41.5 Å². The number of allylic oxidation sites excluding steroid dienone is 1. The van der Waals surface area contributed by atoms with Gasteiger partial charge < -0.3 is 15.5 Å². The third-order valence-electron chi connectivity index (χ3n) is 6.89. The highest BCUT2D eigenvalue weighted by Gasteiger charge is 2.30. The van der Waals surface area contributed by atoms with Crippen LogP contribution in [0, 0.1) is 11.3 Å². The molecule has 2 rings (SSSR count). The normalized spacial score (nSPS) is 17.1. The number of nitrogens with zero attached hydrogens (tertiary/aromatic N) is 2. The van der Waals surface area contributed by atoms with Crippen LogP contribution in [0.4, 0.5) is 5.69 Å². The molecule has 0 radical (unpaired) electrons. The van der Waals surface area contributed by atoms with E-state index in [1.54, 1.807) is 0 Å². The van der Waals surface area contributed by atoms with Gasteiger partial charge in [0.15, 0.2) is 0 Å². The molecule has 4 nitrogen and oxygen atoms in total. The minimum atomic E-state index is -0.376. The number of hydrogen-bond acceptors (Lipinski definition) is 3. The molecule has 1 saturated heterocycles. The van der Waals surface area contributed by atoms with E-state index in [4.69, 9.17) is 5.73 Å². The van der Waals surface area contributed by atoms with Gasteiger partial charge in [0.05, 0.1) is 6.04 Å². The molecule has 32 heavy (non-hydrogen) atoms. The Balaban J connectivity index is 2.07. The lowest BCUT2D eigenvalue weighted by Crippen LogP contribution is -2.52. The maximum atomic E-state index is 12.8. The van der Waals surface area contributed by atoms with E-state index in [0.29, 0.717) is 11.5 Å². The Morgan fingerprint density at radius 1 is 1.19 bits per heavy atom. The first kappa shape index (κ1) is 26.4. The number of anilines is 1. The van der Waals surface area contributed by atoms with Gasteiger partial charge >= 0.3 is 0 Å². The third-order valence-corrected chi connectivity index (χ3v) is 6.89. The van der Waals surface area contributed by atoms with Gasteiger partial charge in [0.25, 0.3) is 0 Å². The minimum absolute atomic E-state index is 0.122. The summed E-state index contributed by atoms with van der Waals surface area (Å²) in [4.78, 5) is 17.3. The Labute approximate surface area is 197 Å². The molecule has 1 fully saturated rings. The molecule has 1 aromatic carbocycles. The number of piperidine rings is 1. The van der Waals surface area contributed by atoms with Crippen LogP contribution in [0.2, 0.25) is 0 Å². The number of likely N-dealkylation sites (tertiary alicyclic amines) is 1. The second-order valence-electron chi connectivity index (χ2n) is 11.1. The van der Waals surface area contributed by atoms with Gasteiger partial charge in [-0.15, -0.1) is 0 Å². The zero-order valence-corrected chi connectivity index (χ0v) is 21.7. The first-order chi connectivity index (χ1) is 15.0. The second-order valence-corrected chi connectivity index (χ2v) is 11.1. The number of hydrogen-bond donors (Lipinski definition) is 1. The van der Waals surface area contributed by atoms with Gasteiger partial charge in [-0.05, 0) is 68.6 Å². The number of carbonyl (C=O) groups excluding carboxylic acids is 1. The van der Waals surface area contributed by atoms with Gasteiger partial charge in [-0.2, -0.15) is 0 Å². The quantitative estimate of drug-likeness (QED) is 0.493. The van der Waals surface area contributed by atoms with Crippen molar-refractivity contribution in [1.29, 1.82) is 0 Å². The number of amides is 1. The molecule has 2 N–H and O–H groups in total. The first-order valence-corrected chi connectivity index (χ1v) is 12.5. The largest absolute Gasteiger partial charge is 0.365 e. The predicted molar refractivity (Wildman–Crippen MR) is 138 cm³/mol. The lowest BCUT2D eigenvalue weighted by Gasteiger charge is -2.40. The number of benzene rings is 1. The Kier molecular flexibility index (Phi) is 9.82. The zero-order chi connectivity index (χ0) is 23.9. The van der Waals surface area contributed by atoms with Gasteiger partial charge in [-0.25, -0.2) is 0 Å². The summed E-state index contributed by atoms with van der Waals surface area (Å²) >= 11 is 0. The fourth-order valence-electron chi connectivity index (χ4n) is 4.23. The molecule has 0 bridgehead atoms. The Morgan fingerprint density at radius 2 is 1.78 bits per heavy atom. The van der Waals surface area contributed by atoms with Gasteiger partial charge in [0, 0.05) is 31.4 Å². The smallest absolute Gasteiger partial charge is 0.239 e. The second kappa shape index (κ2) is 11.9. The van der Waals surface area contributed by atoms with E-state index in [9.17, 15) is 4.79 Å².